The molecular formula is C15H16O3. The van der Waals surface area contributed by atoms with Gasteiger partial charge in [-0.2, -0.15) is 0 Å². The Morgan fingerprint density at radius 2 is 1.72 bits per heavy atom. The molecule has 0 unspecified atom stereocenters. The van der Waals surface area contributed by atoms with E-state index in [9.17, 15) is 14.7 Å². The van der Waals surface area contributed by atoms with Crippen molar-refractivity contribution in [2.75, 3.05) is 0 Å². The van der Waals surface area contributed by atoms with E-state index in [1.807, 2.05) is 13.8 Å². The van der Waals surface area contributed by atoms with Crippen LogP contribution in [-0.2, 0) is 4.79 Å². The van der Waals surface area contributed by atoms with Gasteiger partial charge in [0, 0.05) is 16.7 Å². The van der Waals surface area contributed by atoms with Gasteiger partial charge in [-0.15, -0.1) is 0 Å². The maximum Gasteiger partial charge on any atom is 0.234 e. The fourth-order valence-electron chi connectivity index (χ4n) is 2.10. The molecule has 3 nitrogen and oxygen atoms in total. The van der Waals surface area contributed by atoms with Crippen LogP contribution in [0.4, 0.5) is 0 Å². The molecule has 0 aliphatic heterocycles. The Balaban J connectivity index is 2.52. The smallest absolute Gasteiger partial charge is 0.234 e. The van der Waals surface area contributed by atoms with Crippen LogP contribution in [0, 0.1) is 5.92 Å². The van der Waals surface area contributed by atoms with E-state index in [0.717, 1.165) is 6.42 Å². The number of ketones is 2. The Bertz CT molecular complexity index is 540. The third-order valence-electron chi connectivity index (χ3n) is 3.44. The number of fused-ring (bicyclic) bond motifs is 1. The summed E-state index contributed by atoms with van der Waals surface area (Å²) in [6.45, 7) is 4.02. The van der Waals surface area contributed by atoms with Crippen molar-refractivity contribution >= 4 is 17.3 Å². The number of hydrogen-bond donors (Lipinski definition) is 1. The lowest BCUT2D eigenvalue weighted by Crippen LogP contribution is -2.25. The van der Waals surface area contributed by atoms with Crippen LogP contribution in [0.5, 0.6) is 0 Å². The number of aliphatic hydroxyl groups is 1. The van der Waals surface area contributed by atoms with Crippen LogP contribution in [0.25, 0.3) is 5.76 Å². The molecule has 0 fully saturated rings. The molecule has 1 aliphatic carbocycles. The van der Waals surface area contributed by atoms with Crippen molar-refractivity contribution in [1.29, 1.82) is 0 Å². The van der Waals surface area contributed by atoms with Crippen LogP contribution in [-0.4, -0.2) is 16.7 Å². The second-order valence-electron chi connectivity index (χ2n) is 4.75. The minimum Gasteiger partial charge on any atom is -0.507 e. The zero-order valence-electron chi connectivity index (χ0n) is 10.6. The van der Waals surface area contributed by atoms with Gasteiger partial charge >= 0.3 is 0 Å². The predicted octanol–water partition coefficient (Wildman–Crippen LogP) is 3.16. The monoisotopic (exact) mass is 244 g/mol. The number of hydrogen-bond acceptors (Lipinski definition) is 3. The van der Waals surface area contributed by atoms with Crippen LogP contribution in [0.15, 0.2) is 29.8 Å². The highest BCUT2D eigenvalue weighted by Crippen LogP contribution is 2.31. The van der Waals surface area contributed by atoms with Crippen molar-refractivity contribution in [1.82, 2.24) is 0 Å². The first-order valence-electron chi connectivity index (χ1n) is 6.16. The van der Waals surface area contributed by atoms with Gasteiger partial charge < -0.3 is 5.11 Å². The van der Waals surface area contributed by atoms with E-state index in [1.54, 1.807) is 24.3 Å². The Kier molecular flexibility index (Phi) is 3.32. The third-order valence-corrected chi connectivity index (χ3v) is 3.44. The number of benzene rings is 1. The molecule has 1 N–H and O–H groups in total. The van der Waals surface area contributed by atoms with Crippen LogP contribution in [0.1, 0.15) is 42.6 Å². The van der Waals surface area contributed by atoms with E-state index in [0.29, 0.717) is 17.5 Å². The molecule has 0 heterocycles. The second-order valence-corrected chi connectivity index (χ2v) is 4.75. The molecule has 3 heteroatoms. The number of carbonyl (C=O) groups is 2. The Morgan fingerprint density at radius 1 is 1.11 bits per heavy atom. The molecule has 1 aliphatic rings. The van der Waals surface area contributed by atoms with E-state index < -0.39 is 11.6 Å². The molecular weight excluding hydrogens is 228 g/mol. The van der Waals surface area contributed by atoms with Gasteiger partial charge in [0.2, 0.25) is 11.6 Å². The van der Waals surface area contributed by atoms with E-state index in [2.05, 4.69) is 0 Å². The maximum atomic E-state index is 12.0. The molecule has 0 aromatic heterocycles. The first-order chi connectivity index (χ1) is 8.56. The van der Waals surface area contributed by atoms with Crippen molar-refractivity contribution in [3.63, 3.8) is 0 Å². The summed E-state index contributed by atoms with van der Waals surface area (Å²) >= 11 is 0. The van der Waals surface area contributed by atoms with E-state index in [-0.39, 0.29) is 17.3 Å². The summed E-state index contributed by atoms with van der Waals surface area (Å²) in [4.78, 5) is 23.9. The van der Waals surface area contributed by atoms with Crippen LogP contribution in [0.2, 0.25) is 0 Å². The molecule has 94 valence electrons. The van der Waals surface area contributed by atoms with Crippen molar-refractivity contribution < 1.29 is 14.7 Å². The summed E-state index contributed by atoms with van der Waals surface area (Å²) in [6, 6.07) is 6.69. The minimum atomic E-state index is -0.563. The Labute approximate surface area is 106 Å². The molecule has 1 aromatic rings. The summed E-state index contributed by atoms with van der Waals surface area (Å²) in [7, 11) is 0. The van der Waals surface area contributed by atoms with Gasteiger partial charge in [-0.3, -0.25) is 9.59 Å². The minimum absolute atomic E-state index is 0.0319. The SMILES string of the molecule is CC[C@H](C)CC1=C(O)c2ccccc2C(=O)C1=O. The molecule has 1 aromatic carbocycles. The first kappa shape index (κ1) is 12.6. The molecule has 0 bridgehead atoms. The lowest BCUT2D eigenvalue weighted by atomic mass is 9.84. The normalized spacial score (nSPS) is 16.8. The zero-order valence-corrected chi connectivity index (χ0v) is 10.6. The number of rotatable bonds is 3. The highest BCUT2D eigenvalue weighted by molar-refractivity contribution is 6.52. The van der Waals surface area contributed by atoms with Crippen molar-refractivity contribution in [2.45, 2.75) is 26.7 Å². The molecule has 0 spiro atoms. The summed E-state index contributed by atoms with van der Waals surface area (Å²) in [5.41, 5.74) is 1.03. The number of carbonyl (C=O) groups excluding carboxylic acids is 2. The largest absolute Gasteiger partial charge is 0.507 e. The zero-order chi connectivity index (χ0) is 13.3. The Morgan fingerprint density at radius 3 is 2.33 bits per heavy atom. The number of aliphatic hydroxyl groups excluding tert-OH is 1. The topological polar surface area (TPSA) is 54.4 Å². The second kappa shape index (κ2) is 4.77. The molecule has 2 rings (SSSR count). The summed E-state index contributed by atoms with van der Waals surface area (Å²) in [6.07, 6.45) is 1.35. The van der Waals surface area contributed by atoms with Gasteiger partial charge in [-0.05, 0) is 12.3 Å². The average molecular weight is 244 g/mol. The summed E-state index contributed by atoms with van der Waals surface area (Å²) < 4.78 is 0. The molecule has 0 saturated carbocycles. The van der Waals surface area contributed by atoms with Crippen molar-refractivity contribution in [3.8, 4) is 0 Å². The first-order valence-corrected chi connectivity index (χ1v) is 6.16. The van der Waals surface area contributed by atoms with Crippen LogP contribution >= 0.6 is 0 Å². The predicted molar refractivity (Wildman–Crippen MR) is 69.4 cm³/mol. The van der Waals surface area contributed by atoms with Crippen LogP contribution < -0.4 is 0 Å². The van der Waals surface area contributed by atoms with Crippen LogP contribution in [0.3, 0.4) is 0 Å². The summed E-state index contributed by atoms with van der Waals surface area (Å²) in [5.74, 6) is -0.840. The lowest BCUT2D eigenvalue weighted by Gasteiger charge is -2.19. The molecule has 0 amide bonds. The lowest BCUT2D eigenvalue weighted by molar-refractivity contribution is -0.112. The molecule has 1 atom stereocenters. The van der Waals surface area contributed by atoms with Crippen molar-refractivity contribution in [3.05, 3.63) is 41.0 Å². The third kappa shape index (κ3) is 1.96. The highest BCUT2D eigenvalue weighted by Gasteiger charge is 2.32. The van der Waals surface area contributed by atoms with Gasteiger partial charge in [0.25, 0.3) is 0 Å². The molecule has 18 heavy (non-hydrogen) atoms. The fourth-order valence-corrected chi connectivity index (χ4v) is 2.10. The van der Waals surface area contributed by atoms with Gasteiger partial charge in [0.15, 0.2) is 0 Å². The summed E-state index contributed by atoms with van der Waals surface area (Å²) in [5, 5.41) is 10.2. The quantitative estimate of drug-likeness (QED) is 0.831. The Hall–Kier alpha value is -1.90. The molecule has 0 saturated heterocycles. The van der Waals surface area contributed by atoms with E-state index >= 15 is 0 Å². The maximum absolute atomic E-state index is 12.0. The standard InChI is InChI=1S/C15H16O3/c1-3-9(2)8-12-13(16)10-6-4-5-7-11(10)14(17)15(12)18/h4-7,9,16H,3,8H2,1-2H3/t9-/m0/s1. The fraction of sp³-hybridized carbons (Fsp3) is 0.333. The number of allylic oxidation sites excluding steroid dienone is 1. The van der Waals surface area contributed by atoms with Gasteiger partial charge in [0.1, 0.15) is 5.76 Å². The number of Topliss-reactive ketones (excluding diaryl/α,β-unsaturated/α-hetero) is 2. The average Bonchev–Trinajstić information content (AvgIpc) is 2.40. The van der Waals surface area contributed by atoms with Gasteiger partial charge in [0.05, 0.1) is 0 Å². The van der Waals surface area contributed by atoms with E-state index in [4.69, 9.17) is 0 Å². The highest BCUT2D eigenvalue weighted by atomic mass is 16.3. The van der Waals surface area contributed by atoms with Gasteiger partial charge in [-0.1, -0.05) is 44.5 Å². The molecule has 0 radical (unpaired) electrons. The van der Waals surface area contributed by atoms with Gasteiger partial charge in [-0.25, -0.2) is 0 Å². The van der Waals surface area contributed by atoms with E-state index in [1.165, 1.54) is 0 Å². The van der Waals surface area contributed by atoms with Crippen molar-refractivity contribution in [2.24, 2.45) is 5.92 Å².